The standard InChI is InChI=1S/C19H19Cl2N3/c1-23-8-9-24-14(12-23)11-22-19(15-4-2-3-5-17(15)21)16-10-13(20)6-7-18(16)24/h2-7,10,14H,8-9,11-12H2,1H3. The second-order valence-corrected chi connectivity index (χ2v) is 7.28. The number of benzene rings is 2. The summed E-state index contributed by atoms with van der Waals surface area (Å²) in [5, 5.41) is 1.44. The van der Waals surface area contributed by atoms with Gasteiger partial charge in [0.2, 0.25) is 0 Å². The molecule has 0 bridgehead atoms. The zero-order chi connectivity index (χ0) is 16.7. The molecule has 1 unspecified atom stereocenters. The lowest BCUT2D eigenvalue weighted by Gasteiger charge is -2.40. The maximum Gasteiger partial charge on any atom is 0.0756 e. The number of nitrogens with zero attached hydrogens (tertiary/aromatic N) is 3. The summed E-state index contributed by atoms with van der Waals surface area (Å²) < 4.78 is 0. The number of likely N-dealkylation sites (N-methyl/N-ethyl adjacent to an activating group) is 1. The fourth-order valence-corrected chi connectivity index (χ4v) is 4.00. The van der Waals surface area contributed by atoms with Gasteiger partial charge < -0.3 is 9.80 Å². The van der Waals surface area contributed by atoms with Crippen molar-refractivity contribution in [3.63, 3.8) is 0 Å². The van der Waals surface area contributed by atoms with Gasteiger partial charge in [0.1, 0.15) is 0 Å². The van der Waals surface area contributed by atoms with Crippen molar-refractivity contribution in [2.75, 3.05) is 38.1 Å². The van der Waals surface area contributed by atoms with E-state index in [9.17, 15) is 0 Å². The van der Waals surface area contributed by atoms with Crippen molar-refractivity contribution < 1.29 is 0 Å². The molecule has 1 fully saturated rings. The van der Waals surface area contributed by atoms with Gasteiger partial charge >= 0.3 is 0 Å². The van der Waals surface area contributed by atoms with Crippen LogP contribution >= 0.6 is 23.2 Å². The number of hydrogen-bond acceptors (Lipinski definition) is 3. The van der Waals surface area contributed by atoms with Crippen LogP contribution < -0.4 is 4.90 Å². The van der Waals surface area contributed by atoms with Crippen molar-refractivity contribution in [2.45, 2.75) is 6.04 Å². The number of halogens is 2. The molecule has 0 amide bonds. The molecule has 1 saturated heterocycles. The fraction of sp³-hybridized carbons (Fsp3) is 0.316. The van der Waals surface area contributed by atoms with Crippen molar-refractivity contribution in [1.82, 2.24) is 4.90 Å². The summed E-state index contributed by atoms with van der Waals surface area (Å²) >= 11 is 12.8. The number of piperazine rings is 1. The predicted molar refractivity (Wildman–Crippen MR) is 102 cm³/mol. The van der Waals surface area contributed by atoms with Crippen LogP contribution in [0.4, 0.5) is 5.69 Å². The van der Waals surface area contributed by atoms with Gasteiger partial charge in [-0.1, -0.05) is 41.4 Å². The largest absolute Gasteiger partial charge is 0.364 e. The predicted octanol–water partition coefficient (Wildman–Crippen LogP) is 3.96. The van der Waals surface area contributed by atoms with Crippen molar-refractivity contribution >= 4 is 34.6 Å². The minimum atomic E-state index is 0.378. The summed E-state index contributed by atoms with van der Waals surface area (Å²) in [6, 6.07) is 14.4. The third kappa shape index (κ3) is 2.81. The number of hydrogen-bond donors (Lipinski definition) is 0. The highest BCUT2D eigenvalue weighted by molar-refractivity contribution is 6.36. The van der Waals surface area contributed by atoms with E-state index < -0.39 is 0 Å². The molecule has 0 spiro atoms. The minimum Gasteiger partial charge on any atom is -0.364 e. The molecule has 0 aromatic heterocycles. The van der Waals surface area contributed by atoms with E-state index >= 15 is 0 Å². The molecule has 3 nitrogen and oxygen atoms in total. The number of rotatable bonds is 1. The van der Waals surface area contributed by atoms with Gasteiger partial charge in [-0.3, -0.25) is 4.99 Å². The fourth-order valence-electron chi connectivity index (χ4n) is 3.60. The van der Waals surface area contributed by atoms with Crippen LogP contribution in [0.15, 0.2) is 47.5 Å². The molecule has 2 aliphatic rings. The van der Waals surface area contributed by atoms with E-state index in [1.807, 2.05) is 36.4 Å². The Hall–Kier alpha value is -1.55. The van der Waals surface area contributed by atoms with E-state index in [1.54, 1.807) is 0 Å². The number of fused-ring (bicyclic) bond motifs is 3. The summed E-state index contributed by atoms with van der Waals surface area (Å²) in [5.74, 6) is 0. The molecular formula is C19H19Cl2N3. The van der Waals surface area contributed by atoms with Crippen LogP contribution in [0.5, 0.6) is 0 Å². The molecule has 0 N–H and O–H groups in total. The van der Waals surface area contributed by atoms with E-state index in [0.717, 1.165) is 53.1 Å². The average Bonchev–Trinajstić information content (AvgIpc) is 2.72. The molecule has 0 aliphatic carbocycles. The Kier molecular flexibility index (Phi) is 4.25. The van der Waals surface area contributed by atoms with Gasteiger partial charge in [0.05, 0.1) is 18.3 Å². The second kappa shape index (κ2) is 6.40. The first kappa shape index (κ1) is 15.9. The van der Waals surface area contributed by atoms with Crippen molar-refractivity contribution in [1.29, 1.82) is 0 Å². The molecule has 4 rings (SSSR count). The topological polar surface area (TPSA) is 18.8 Å². The van der Waals surface area contributed by atoms with E-state index in [-0.39, 0.29) is 0 Å². The molecule has 5 heteroatoms. The van der Waals surface area contributed by atoms with Crippen molar-refractivity contribution in [3.8, 4) is 0 Å². The van der Waals surface area contributed by atoms with Gasteiger partial charge in [0, 0.05) is 46.5 Å². The Labute approximate surface area is 152 Å². The summed E-state index contributed by atoms with van der Waals surface area (Å²) in [6.07, 6.45) is 0. The summed E-state index contributed by atoms with van der Waals surface area (Å²) in [7, 11) is 2.17. The quantitative estimate of drug-likeness (QED) is 0.767. The lowest BCUT2D eigenvalue weighted by atomic mass is 9.99. The van der Waals surface area contributed by atoms with Gasteiger partial charge in [0.25, 0.3) is 0 Å². The van der Waals surface area contributed by atoms with Crippen molar-refractivity contribution in [3.05, 3.63) is 63.6 Å². The Morgan fingerprint density at radius 3 is 2.71 bits per heavy atom. The molecule has 124 valence electrons. The van der Waals surface area contributed by atoms with E-state index in [0.29, 0.717) is 6.04 Å². The first-order valence-electron chi connectivity index (χ1n) is 8.18. The SMILES string of the molecule is CN1CCN2c3ccc(Cl)cc3C(c3ccccc3Cl)=NCC2C1. The zero-order valence-electron chi connectivity index (χ0n) is 13.5. The average molecular weight is 360 g/mol. The monoisotopic (exact) mass is 359 g/mol. The molecule has 2 aromatic rings. The lowest BCUT2D eigenvalue weighted by Crippen LogP contribution is -2.53. The number of anilines is 1. The van der Waals surface area contributed by atoms with Crippen molar-refractivity contribution in [2.24, 2.45) is 4.99 Å². The van der Waals surface area contributed by atoms with E-state index in [1.165, 1.54) is 5.69 Å². The van der Waals surface area contributed by atoms with E-state index in [2.05, 4.69) is 22.9 Å². The van der Waals surface area contributed by atoms with Gasteiger partial charge in [-0.2, -0.15) is 0 Å². The maximum atomic E-state index is 6.46. The maximum absolute atomic E-state index is 6.46. The van der Waals surface area contributed by atoms with Crippen LogP contribution in [-0.2, 0) is 0 Å². The molecule has 24 heavy (non-hydrogen) atoms. The Morgan fingerprint density at radius 1 is 1.04 bits per heavy atom. The molecule has 1 atom stereocenters. The van der Waals surface area contributed by atoms with Crippen LogP contribution in [0, 0.1) is 0 Å². The zero-order valence-corrected chi connectivity index (χ0v) is 15.1. The Morgan fingerprint density at radius 2 is 1.88 bits per heavy atom. The van der Waals surface area contributed by atoms with Gasteiger partial charge in [-0.25, -0.2) is 0 Å². The molecule has 0 radical (unpaired) electrons. The van der Waals surface area contributed by atoms with Gasteiger partial charge in [-0.15, -0.1) is 0 Å². The van der Waals surface area contributed by atoms with Crippen LogP contribution in [0.25, 0.3) is 0 Å². The van der Waals surface area contributed by atoms with Crippen LogP contribution in [0.2, 0.25) is 10.0 Å². The van der Waals surface area contributed by atoms with Crippen LogP contribution in [0.3, 0.4) is 0 Å². The lowest BCUT2D eigenvalue weighted by molar-refractivity contribution is 0.270. The Balaban J connectivity index is 1.88. The second-order valence-electron chi connectivity index (χ2n) is 6.44. The highest BCUT2D eigenvalue weighted by atomic mass is 35.5. The molecular weight excluding hydrogens is 341 g/mol. The summed E-state index contributed by atoms with van der Waals surface area (Å²) in [4.78, 5) is 9.80. The minimum absolute atomic E-state index is 0.378. The first-order valence-corrected chi connectivity index (χ1v) is 8.93. The first-order chi connectivity index (χ1) is 11.6. The van der Waals surface area contributed by atoms with Crippen LogP contribution in [0.1, 0.15) is 11.1 Å². The summed E-state index contributed by atoms with van der Waals surface area (Å²) in [5.41, 5.74) is 4.18. The summed E-state index contributed by atoms with van der Waals surface area (Å²) in [6.45, 7) is 3.83. The van der Waals surface area contributed by atoms with Crippen LogP contribution in [-0.4, -0.2) is 49.9 Å². The van der Waals surface area contributed by atoms with Gasteiger partial charge in [-0.05, 0) is 31.3 Å². The smallest absolute Gasteiger partial charge is 0.0756 e. The van der Waals surface area contributed by atoms with E-state index in [4.69, 9.17) is 28.2 Å². The number of aliphatic imine (C=N–C) groups is 1. The normalized spacial score (nSPS) is 20.9. The molecule has 2 aromatic carbocycles. The highest BCUT2D eigenvalue weighted by Crippen LogP contribution is 2.33. The Bertz CT molecular complexity index is 803. The molecule has 0 saturated carbocycles. The third-order valence-electron chi connectivity index (χ3n) is 4.80. The van der Waals surface area contributed by atoms with Gasteiger partial charge in [0.15, 0.2) is 0 Å². The molecule has 2 aliphatic heterocycles. The highest BCUT2D eigenvalue weighted by Gasteiger charge is 2.30. The third-order valence-corrected chi connectivity index (χ3v) is 5.36. The molecule has 2 heterocycles.